The fraction of sp³-hybridized carbons (Fsp3) is 0.273. The molecular weight excluding hydrogens is 523 g/mol. The highest BCUT2D eigenvalue weighted by molar-refractivity contribution is 6.09. The van der Waals surface area contributed by atoms with Crippen molar-refractivity contribution in [2.75, 3.05) is 5.32 Å². The summed E-state index contributed by atoms with van der Waals surface area (Å²) in [5.74, 6) is -1.84. The number of aromatic nitrogens is 1. The lowest BCUT2D eigenvalue weighted by Gasteiger charge is -2.19. The zero-order chi connectivity index (χ0) is 29.5. The summed E-state index contributed by atoms with van der Waals surface area (Å²) >= 11 is 0. The second-order valence-corrected chi connectivity index (χ2v) is 10.5. The number of hydrogen-bond donors (Lipinski definition) is 4. The molecule has 0 aliphatic rings. The summed E-state index contributed by atoms with van der Waals surface area (Å²) in [7, 11) is 0. The predicted octanol–water partition coefficient (Wildman–Crippen LogP) is 6.31. The number of rotatable bonds is 12. The molecule has 41 heavy (non-hydrogen) atoms. The highest BCUT2D eigenvalue weighted by Crippen LogP contribution is 2.33. The van der Waals surface area contributed by atoms with E-state index in [4.69, 9.17) is 5.11 Å². The van der Waals surface area contributed by atoms with Crippen LogP contribution in [0.5, 0.6) is 0 Å². The Bertz CT molecular complexity index is 1480. The third-order valence-corrected chi connectivity index (χ3v) is 6.95. The number of nitrogens with zero attached hydrogens (tertiary/aromatic N) is 1. The van der Waals surface area contributed by atoms with Crippen LogP contribution in [0, 0.1) is 5.82 Å². The Labute approximate surface area is 238 Å². The van der Waals surface area contributed by atoms with E-state index in [1.807, 2.05) is 79.1 Å². The number of nitrogens with one attached hydrogen (secondary N) is 1. The lowest BCUT2D eigenvalue weighted by Crippen LogP contribution is -2.22. The van der Waals surface area contributed by atoms with Crippen molar-refractivity contribution in [3.8, 4) is 22.4 Å². The van der Waals surface area contributed by atoms with Gasteiger partial charge < -0.3 is 25.2 Å². The number of carbonyl (C=O) groups excluding carboxylic acids is 1. The normalized spacial score (nSPS) is 12.7. The van der Waals surface area contributed by atoms with E-state index < -0.39 is 30.4 Å². The molecule has 0 unspecified atom stereocenters. The van der Waals surface area contributed by atoms with Gasteiger partial charge in [0.25, 0.3) is 5.91 Å². The molecule has 4 rings (SSSR count). The molecule has 1 aromatic heterocycles. The van der Waals surface area contributed by atoms with Crippen molar-refractivity contribution in [3.05, 3.63) is 102 Å². The summed E-state index contributed by atoms with van der Waals surface area (Å²) < 4.78 is 15.8. The molecule has 0 fully saturated rings. The van der Waals surface area contributed by atoms with Gasteiger partial charge in [0.15, 0.2) is 0 Å². The Morgan fingerprint density at radius 1 is 0.854 bits per heavy atom. The molecule has 8 heteroatoms. The van der Waals surface area contributed by atoms with Crippen LogP contribution in [0.1, 0.15) is 55.1 Å². The minimum atomic E-state index is -1.17. The van der Waals surface area contributed by atoms with Gasteiger partial charge in [-0.25, -0.2) is 4.39 Å². The highest BCUT2D eigenvalue weighted by atomic mass is 19.1. The third kappa shape index (κ3) is 7.68. The molecular formula is C33H35FN2O5. The fourth-order valence-electron chi connectivity index (χ4n) is 4.98. The first-order valence-corrected chi connectivity index (χ1v) is 13.7. The van der Waals surface area contributed by atoms with Gasteiger partial charge in [-0.15, -0.1) is 0 Å². The maximum Gasteiger partial charge on any atom is 0.305 e. The second kappa shape index (κ2) is 13.4. The molecule has 0 saturated heterocycles. The van der Waals surface area contributed by atoms with E-state index in [0.29, 0.717) is 29.1 Å². The molecule has 4 aromatic rings. The topological polar surface area (TPSA) is 112 Å². The number of amides is 1. The SMILES string of the molecule is CC(C)c1cc(C(=O)Nc2cccc(-c3ccccc3)c2)c(-c2ccc(F)cc2)n1CC[C@@H](O)C[C@@H](O)CC(=O)O. The average Bonchev–Trinajstić information content (AvgIpc) is 3.32. The van der Waals surface area contributed by atoms with Gasteiger partial charge in [0.05, 0.1) is 29.9 Å². The van der Waals surface area contributed by atoms with Crippen molar-refractivity contribution in [1.29, 1.82) is 0 Å². The average molecular weight is 559 g/mol. The number of carboxylic acids is 1. The smallest absolute Gasteiger partial charge is 0.305 e. The van der Waals surface area contributed by atoms with Crippen LogP contribution in [0.25, 0.3) is 22.4 Å². The van der Waals surface area contributed by atoms with Crippen molar-refractivity contribution < 1.29 is 29.3 Å². The molecule has 7 nitrogen and oxygen atoms in total. The zero-order valence-electron chi connectivity index (χ0n) is 23.1. The molecule has 0 aliphatic carbocycles. The lowest BCUT2D eigenvalue weighted by atomic mass is 10.0. The molecule has 4 N–H and O–H groups in total. The van der Waals surface area contributed by atoms with Crippen LogP contribution in [-0.4, -0.2) is 44.0 Å². The van der Waals surface area contributed by atoms with Gasteiger partial charge >= 0.3 is 5.97 Å². The Hall–Kier alpha value is -4.27. The number of halogens is 1. The van der Waals surface area contributed by atoms with E-state index in [-0.39, 0.29) is 24.7 Å². The van der Waals surface area contributed by atoms with E-state index in [2.05, 4.69) is 5.32 Å². The summed E-state index contributed by atoms with van der Waals surface area (Å²) in [5.41, 5.74) is 5.10. The van der Waals surface area contributed by atoms with Gasteiger partial charge in [-0.05, 0) is 77.9 Å². The standard InChI is InChI=1S/C33H35FN2O5/c1-21(2)30-20-29(33(41)35-26-10-6-9-24(17-26)22-7-4-3-5-8-22)32(23-11-13-25(34)14-12-23)36(30)16-15-27(37)18-28(38)19-31(39)40/h3-14,17,20-21,27-28,37-38H,15-16,18-19H2,1-2H3,(H,35,41)(H,39,40)/t27-,28-/m1/s1. The number of anilines is 1. The minimum absolute atomic E-state index is 0.0203. The first kappa shape index (κ1) is 29.7. The third-order valence-electron chi connectivity index (χ3n) is 6.95. The quantitative estimate of drug-likeness (QED) is 0.163. The van der Waals surface area contributed by atoms with E-state index in [1.165, 1.54) is 12.1 Å². The van der Waals surface area contributed by atoms with Gasteiger partial charge in [0.1, 0.15) is 5.82 Å². The number of aliphatic carboxylic acids is 1. The van der Waals surface area contributed by atoms with Crippen molar-refractivity contribution in [1.82, 2.24) is 4.57 Å². The number of aliphatic hydroxyl groups excluding tert-OH is 2. The Kier molecular flexibility index (Phi) is 9.70. The lowest BCUT2D eigenvalue weighted by molar-refractivity contribution is -0.139. The van der Waals surface area contributed by atoms with Crippen LogP contribution in [-0.2, 0) is 11.3 Å². The van der Waals surface area contributed by atoms with Crippen molar-refractivity contribution in [3.63, 3.8) is 0 Å². The molecule has 0 aliphatic heterocycles. The first-order chi connectivity index (χ1) is 19.6. The van der Waals surface area contributed by atoms with Crippen LogP contribution in [0.2, 0.25) is 0 Å². The second-order valence-electron chi connectivity index (χ2n) is 10.5. The Morgan fingerprint density at radius 3 is 2.20 bits per heavy atom. The molecule has 1 heterocycles. The van der Waals surface area contributed by atoms with E-state index in [1.54, 1.807) is 12.1 Å². The first-order valence-electron chi connectivity index (χ1n) is 13.7. The molecule has 0 saturated carbocycles. The Balaban J connectivity index is 1.67. The van der Waals surface area contributed by atoms with Crippen LogP contribution in [0.4, 0.5) is 10.1 Å². The molecule has 2 atom stereocenters. The van der Waals surface area contributed by atoms with E-state index in [9.17, 15) is 24.2 Å². The van der Waals surface area contributed by atoms with Crippen LogP contribution >= 0.6 is 0 Å². The zero-order valence-corrected chi connectivity index (χ0v) is 23.1. The van der Waals surface area contributed by atoms with Gasteiger partial charge in [0, 0.05) is 17.9 Å². The fourth-order valence-corrected chi connectivity index (χ4v) is 4.98. The summed E-state index contributed by atoms with van der Waals surface area (Å²) in [5, 5.41) is 32.4. The van der Waals surface area contributed by atoms with Crippen LogP contribution in [0.3, 0.4) is 0 Å². The maximum absolute atomic E-state index is 13.8. The van der Waals surface area contributed by atoms with E-state index in [0.717, 1.165) is 16.8 Å². The number of carbonyl (C=O) groups is 2. The largest absolute Gasteiger partial charge is 0.481 e. The molecule has 0 bridgehead atoms. The number of carboxylic acid groups (broad SMARTS) is 1. The van der Waals surface area contributed by atoms with Crippen molar-refractivity contribution in [2.24, 2.45) is 0 Å². The predicted molar refractivity (Wildman–Crippen MR) is 157 cm³/mol. The van der Waals surface area contributed by atoms with E-state index >= 15 is 0 Å². The number of benzene rings is 3. The van der Waals surface area contributed by atoms with Crippen LogP contribution in [0.15, 0.2) is 84.9 Å². The maximum atomic E-state index is 13.8. The van der Waals surface area contributed by atoms with Crippen LogP contribution < -0.4 is 5.32 Å². The minimum Gasteiger partial charge on any atom is -0.481 e. The Morgan fingerprint density at radius 2 is 1.54 bits per heavy atom. The summed E-state index contributed by atoms with van der Waals surface area (Å²) in [4.78, 5) is 24.7. The van der Waals surface area contributed by atoms with Gasteiger partial charge in [-0.3, -0.25) is 9.59 Å². The van der Waals surface area contributed by atoms with Gasteiger partial charge in [-0.1, -0.05) is 56.3 Å². The molecule has 1 amide bonds. The van der Waals surface area contributed by atoms with Gasteiger partial charge in [0.2, 0.25) is 0 Å². The monoisotopic (exact) mass is 558 g/mol. The number of aliphatic hydroxyl groups is 2. The highest BCUT2D eigenvalue weighted by Gasteiger charge is 2.24. The summed E-state index contributed by atoms with van der Waals surface area (Å²) in [6.07, 6.45) is -2.43. The molecule has 0 radical (unpaired) electrons. The molecule has 0 spiro atoms. The van der Waals surface area contributed by atoms with Crippen molar-refractivity contribution >= 4 is 17.6 Å². The summed E-state index contributed by atoms with van der Waals surface area (Å²) in [6.45, 7) is 4.30. The van der Waals surface area contributed by atoms with Gasteiger partial charge in [-0.2, -0.15) is 0 Å². The number of hydrogen-bond acceptors (Lipinski definition) is 4. The molecule has 214 valence electrons. The van der Waals surface area contributed by atoms with Crippen molar-refractivity contribution in [2.45, 2.75) is 57.8 Å². The molecule has 3 aromatic carbocycles. The summed E-state index contributed by atoms with van der Waals surface area (Å²) in [6, 6.07) is 25.2.